The van der Waals surface area contributed by atoms with Gasteiger partial charge in [-0.1, -0.05) is 0 Å². The highest BCUT2D eigenvalue weighted by atomic mass is 32.1. The number of anilines is 1. The summed E-state index contributed by atoms with van der Waals surface area (Å²) < 4.78 is 10.3. The van der Waals surface area contributed by atoms with E-state index >= 15 is 0 Å². The van der Waals surface area contributed by atoms with Crippen LogP contribution in [0.3, 0.4) is 0 Å². The lowest BCUT2D eigenvalue weighted by Gasteiger charge is -2.11. The topological polar surface area (TPSA) is 76.7 Å². The standard InChI is InChI=1S/C19H20N2O4S2/c1-3-25-12-9-7-11(8-10-12)16(22)20-19(26)21-17-15(18(23)24-2)13-5-4-6-14(13)27-17/h7-10H,3-6H2,1-2H3,(H2,20,21,22,26). The molecule has 0 atom stereocenters. The molecule has 0 unspecified atom stereocenters. The Balaban J connectivity index is 1.69. The maximum Gasteiger partial charge on any atom is 0.341 e. The lowest BCUT2D eigenvalue weighted by molar-refractivity contribution is 0.0601. The van der Waals surface area contributed by atoms with Crippen molar-refractivity contribution in [3.8, 4) is 5.75 Å². The number of aryl methyl sites for hydroxylation is 1. The predicted octanol–water partition coefficient (Wildman–Crippen LogP) is 3.55. The monoisotopic (exact) mass is 404 g/mol. The summed E-state index contributed by atoms with van der Waals surface area (Å²) in [6, 6.07) is 6.80. The van der Waals surface area contributed by atoms with Crippen molar-refractivity contribution in [2.24, 2.45) is 0 Å². The molecule has 1 heterocycles. The van der Waals surface area contributed by atoms with Crippen LogP contribution >= 0.6 is 23.6 Å². The largest absolute Gasteiger partial charge is 0.494 e. The lowest BCUT2D eigenvalue weighted by Crippen LogP contribution is -2.34. The molecule has 2 N–H and O–H groups in total. The van der Waals surface area contributed by atoms with Gasteiger partial charge < -0.3 is 14.8 Å². The summed E-state index contributed by atoms with van der Waals surface area (Å²) >= 11 is 6.74. The molecule has 1 aliphatic carbocycles. The zero-order valence-electron chi connectivity index (χ0n) is 15.1. The van der Waals surface area contributed by atoms with Crippen molar-refractivity contribution in [3.05, 3.63) is 45.8 Å². The number of amides is 1. The Bertz CT molecular complexity index is 875. The minimum absolute atomic E-state index is 0.138. The number of esters is 1. The lowest BCUT2D eigenvalue weighted by atomic mass is 10.1. The van der Waals surface area contributed by atoms with E-state index in [0.29, 0.717) is 28.5 Å². The second-order valence-corrected chi connectivity index (χ2v) is 7.43. The number of nitrogens with one attached hydrogen (secondary N) is 2. The van der Waals surface area contributed by atoms with Gasteiger partial charge >= 0.3 is 5.97 Å². The molecule has 1 aromatic carbocycles. The number of hydrogen-bond acceptors (Lipinski definition) is 6. The first-order chi connectivity index (χ1) is 13.0. The fourth-order valence-corrected chi connectivity index (χ4v) is 4.53. The molecule has 0 saturated heterocycles. The number of rotatable bonds is 5. The SMILES string of the molecule is CCOc1ccc(C(=O)NC(=S)Nc2sc3c(c2C(=O)OC)CCC3)cc1. The Hall–Kier alpha value is -2.45. The van der Waals surface area contributed by atoms with Gasteiger partial charge in [0, 0.05) is 10.4 Å². The number of carbonyl (C=O) groups excluding carboxylic acids is 2. The van der Waals surface area contributed by atoms with Crippen molar-refractivity contribution in [1.29, 1.82) is 0 Å². The molecule has 0 radical (unpaired) electrons. The van der Waals surface area contributed by atoms with E-state index in [1.807, 2.05) is 6.92 Å². The molecule has 27 heavy (non-hydrogen) atoms. The van der Waals surface area contributed by atoms with E-state index in [1.165, 1.54) is 23.3 Å². The molecule has 0 aliphatic heterocycles. The number of thiocarbonyl (C=S) groups is 1. The molecule has 2 aromatic rings. The molecular weight excluding hydrogens is 384 g/mol. The third kappa shape index (κ3) is 4.28. The fraction of sp³-hybridized carbons (Fsp3) is 0.316. The fourth-order valence-electron chi connectivity index (χ4n) is 2.99. The first-order valence-corrected chi connectivity index (χ1v) is 9.84. The van der Waals surface area contributed by atoms with Gasteiger partial charge in [0.25, 0.3) is 5.91 Å². The van der Waals surface area contributed by atoms with E-state index in [1.54, 1.807) is 24.3 Å². The number of benzene rings is 1. The molecule has 1 aliphatic rings. The van der Waals surface area contributed by atoms with Gasteiger partial charge in [0.05, 0.1) is 19.3 Å². The van der Waals surface area contributed by atoms with E-state index in [9.17, 15) is 9.59 Å². The van der Waals surface area contributed by atoms with Gasteiger partial charge in [-0.05, 0) is 68.2 Å². The van der Waals surface area contributed by atoms with Crippen molar-refractivity contribution in [3.63, 3.8) is 0 Å². The summed E-state index contributed by atoms with van der Waals surface area (Å²) in [6.07, 6.45) is 2.82. The van der Waals surface area contributed by atoms with Crippen LogP contribution in [0.15, 0.2) is 24.3 Å². The van der Waals surface area contributed by atoms with Gasteiger partial charge in [-0.2, -0.15) is 0 Å². The normalized spacial score (nSPS) is 12.2. The van der Waals surface area contributed by atoms with Crippen LogP contribution in [0.2, 0.25) is 0 Å². The van der Waals surface area contributed by atoms with Crippen LogP contribution in [-0.2, 0) is 17.6 Å². The average molecular weight is 405 g/mol. The first-order valence-electron chi connectivity index (χ1n) is 8.61. The summed E-state index contributed by atoms with van der Waals surface area (Å²) in [6.45, 7) is 2.46. The smallest absolute Gasteiger partial charge is 0.341 e. The van der Waals surface area contributed by atoms with Gasteiger partial charge in [-0.15, -0.1) is 11.3 Å². The van der Waals surface area contributed by atoms with Crippen LogP contribution < -0.4 is 15.4 Å². The van der Waals surface area contributed by atoms with Crippen molar-refractivity contribution in [1.82, 2.24) is 5.32 Å². The maximum absolute atomic E-state index is 12.4. The minimum Gasteiger partial charge on any atom is -0.494 e. The van der Waals surface area contributed by atoms with Crippen LogP contribution in [0.4, 0.5) is 5.00 Å². The third-order valence-corrected chi connectivity index (χ3v) is 5.60. The molecule has 1 aromatic heterocycles. The van der Waals surface area contributed by atoms with Gasteiger partial charge in [-0.25, -0.2) is 4.79 Å². The quantitative estimate of drug-likeness (QED) is 0.586. The van der Waals surface area contributed by atoms with Crippen molar-refractivity contribution in [2.45, 2.75) is 26.2 Å². The number of methoxy groups -OCH3 is 1. The van der Waals surface area contributed by atoms with Crippen LogP contribution in [0.5, 0.6) is 5.75 Å². The van der Waals surface area contributed by atoms with E-state index in [2.05, 4.69) is 10.6 Å². The molecule has 0 bridgehead atoms. The summed E-state index contributed by atoms with van der Waals surface area (Å²) in [5.74, 6) is -0.0256. The van der Waals surface area contributed by atoms with E-state index in [0.717, 1.165) is 24.8 Å². The Morgan fingerprint density at radius 1 is 1.22 bits per heavy atom. The summed E-state index contributed by atoms with van der Waals surface area (Å²) in [5.41, 5.74) is 2.01. The Morgan fingerprint density at radius 2 is 1.96 bits per heavy atom. The third-order valence-electron chi connectivity index (χ3n) is 4.19. The second kappa shape index (κ2) is 8.49. The molecule has 1 amide bonds. The molecule has 6 nitrogen and oxygen atoms in total. The van der Waals surface area contributed by atoms with Gasteiger partial charge in [0.15, 0.2) is 5.11 Å². The molecule has 3 rings (SSSR count). The molecule has 0 saturated carbocycles. The van der Waals surface area contributed by atoms with Crippen molar-refractivity contribution in [2.75, 3.05) is 19.0 Å². The Kier molecular flexibility index (Phi) is 6.08. The Labute approximate surface area is 166 Å². The highest BCUT2D eigenvalue weighted by molar-refractivity contribution is 7.80. The Morgan fingerprint density at radius 3 is 2.63 bits per heavy atom. The van der Waals surface area contributed by atoms with E-state index < -0.39 is 5.97 Å². The molecule has 0 spiro atoms. The van der Waals surface area contributed by atoms with Crippen molar-refractivity contribution < 1.29 is 19.1 Å². The van der Waals surface area contributed by atoms with Crippen LogP contribution in [0, 0.1) is 0 Å². The number of ether oxygens (including phenoxy) is 2. The molecular formula is C19H20N2O4S2. The number of thiophene rings is 1. The number of fused-ring (bicyclic) bond motifs is 1. The minimum atomic E-state index is -0.391. The zero-order chi connectivity index (χ0) is 19.4. The summed E-state index contributed by atoms with van der Waals surface area (Å²) in [7, 11) is 1.36. The molecule has 0 fully saturated rings. The van der Waals surface area contributed by atoms with Gasteiger partial charge in [0.2, 0.25) is 0 Å². The summed E-state index contributed by atoms with van der Waals surface area (Å²) in [4.78, 5) is 25.7. The highest BCUT2D eigenvalue weighted by Crippen LogP contribution is 2.39. The summed E-state index contributed by atoms with van der Waals surface area (Å²) in [5, 5.41) is 6.37. The van der Waals surface area contributed by atoms with E-state index in [-0.39, 0.29) is 11.0 Å². The predicted molar refractivity (Wildman–Crippen MR) is 109 cm³/mol. The van der Waals surface area contributed by atoms with Crippen LogP contribution in [0.25, 0.3) is 0 Å². The molecule has 142 valence electrons. The number of carbonyl (C=O) groups is 2. The average Bonchev–Trinajstić information content (AvgIpc) is 3.22. The van der Waals surface area contributed by atoms with Crippen molar-refractivity contribution >= 4 is 45.5 Å². The highest BCUT2D eigenvalue weighted by Gasteiger charge is 2.27. The number of hydrogen-bond donors (Lipinski definition) is 2. The van der Waals surface area contributed by atoms with Crippen LogP contribution in [-0.4, -0.2) is 30.7 Å². The maximum atomic E-state index is 12.4. The second-order valence-electron chi connectivity index (χ2n) is 5.92. The molecule has 8 heteroatoms. The first kappa shape index (κ1) is 19.3. The van der Waals surface area contributed by atoms with E-state index in [4.69, 9.17) is 21.7 Å². The van der Waals surface area contributed by atoms with Gasteiger partial charge in [-0.3, -0.25) is 10.1 Å². The zero-order valence-corrected chi connectivity index (χ0v) is 16.7. The van der Waals surface area contributed by atoms with Crippen LogP contribution in [0.1, 0.15) is 44.5 Å². The van der Waals surface area contributed by atoms with Gasteiger partial charge in [0.1, 0.15) is 10.8 Å².